The first kappa shape index (κ1) is 19.7. The minimum absolute atomic E-state index is 0.321. The Morgan fingerprint density at radius 2 is 1.70 bits per heavy atom. The molecule has 1 aliphatic heterocycles. The van der Waals surface area contributed by atoms with Crippen molar-refractivity contribution in [3.8, 4) is 11.5 Å². The summed E-state index contributed by atoms with van der Waals surface area (Å²) in [6.07, 6.45) is 0. The van der Waals surface area contributed by atoms with Crippen LogP contribution < -0.4 is 9.47 Å². The molecule has 0 aromatic heterocycles. The summed E-state index contributed by atoms with van der Waals surface area (Å²) in [5, 5.41) is 0. The summed E-state index contributed by atoms with van der Waals surface area (Å²) in [5.41, 5.74) is 0.815. The second kappa shape index (κ2) is 8.73. The van der Waals surface area contributed by atoms with Gasteiger partial charge in [0.05, 0.1) is 12.0 Å². The lowest BCUT2D eigenvalue weighted by atomic mass is 10.2. The van der Waals surface area contributed by atoms with Crippen LogP contribution in [0.15, 0.2) is 53.4 Å². The van der Waals surface area contributed by atoms with Crippen LogP contribution in [0.5, 0.6) is 11.5 Å². The van der Waals surface area contributed by atoms with Crippen LogP contribution in [0.4, 0.5) is 0 Å². The SMILES string of the molecule is COc1ccc(S(=O)(=O)N2CCN(CCOc3ccccc3)CC2)cc1C. The lowest BCUT2D eigenvalue weighted by molar-refractivity contribution is 0.159. The number of piperazine rings is 1. The molecule has 1 saturated heterocycles. The number of para-hydroxylation sites is 1. The Morgan fingerprint density at radius 1 is 1.00 bits per heavy atom. The number of rotatable bonds is 7. The number of methoxy groups -OCH3 is 1. The van der Waals surface area contributed by atoms with Crippen LogP contribution in [0.1, 0.15) is 5.56 Å². The number of benzene rings is 2. The first-order chi connectivity index (χ1) is 13.0. The van der Waals surface area contributed by atoms with Gasteiger partial charge in [0.25, 0.3) is 0 Å². The number of hydrogen-bond donors (Lipinski definition) is 0. The van der Waals surface area contributed by atoms with Gasteiger partial charge >= 0.3 is 0 Å². The van der Waals surface area contributed by atoms with Crippen LogP contribution >= 0.6 is 0 Å². The highest BCUT2D eigenvalue weighted by atomic mass is 32.2. The normalized spacial score (nSPS) is 16.2. The Labute approximate surface area is 161 Å². The van der Waals surface area contributed by atoms with E-state index in [1.807, 2.05) is 37.3 Å². The van der Waals surface area contributed by atoms with Gasteiger partial charge in [-0.2, -0.15) is 4.31 Å². The van der Waals surface area contributed by atoms with Gasteiger partial charge in [-0.1, -0.05) is 18.2 Å². The third kappa shape index (κ3) is 4.80. The van der Waals surface area contributed by atoms with Crippen molar-refractivity contribution in [2.75, 3.05) is 46.4 Å². The van der Waals surface area contributed by atoms with E-state index in [0.717, 1.165) is 17.9 Å². The summed E-state index contributed by atoms with van der Waals surface area (Å²) < 4.78 is 38.3. The first-order valence-electron chi connectivity index (χ1n) is 9.06. The summed E-state index contributed by atoms with van der Waals surface area (Å²) in [7, 11) is -1.90. The zero-order valence-electron chi connectivity index (χ0n) is 15.8. The van der Waals surface area contributed by atoms with Gasteiger partial charge in [-0.3, -0.25) is 4.90 Å². The molecule has 0 aliphatic carbocycles. The van der Waals surface area contributed by atoms with E-state index in [9.17, 15) is 8.42 Å². The van der Waals surface area contributed by atoms with E-state index in [1.54, 1.807) is 29.6 Å². The summed E-state index contributed by atoms with van der Waals surface area (Å²) in [6.45, 7) is 5.60. The van der Waals surface area contributed by atoms with Crippen LogP contribution in [0.25, 0.3) is 0 Å². The minimum Gasteiger partial charge on any atom is -0.496 e. The molecule has 0 saturated carbocycles. The summed E-state index contributed by atoms with van der Waals surface area (Å²) in [6, 6.07) is 14.7. The zero-order chi connectivity index (χ0) is 19.3. The Hall–Kier alpha value is -2.09. The second-order valence-electron chi connectivity index (χ2n) is 6.54. The Morgan fingerprint density at radius 3 is 2.33 bits per heavy atom. The molecule has 6 nitrogen and oxygen atoms in total. The van der Waals surface area contributed by atoms with Gasteiger partial charge in [-0.05, 0) is 42.8 Å². The molecule has 1 aliphatic rings. The van der Waals surface area contributed by atoms with E-state index in [4.69, 9.17) is 9.47 Å². The maximum atomic E-state index is 12.9. The van der Waals surface area contributed by atoms with Gasteiger partial charge in [0, 0.05) is 32.7 Å². The van der Waals surface area contributed by atoms with Crippen molar-refractivity contribution < 1.29 is 17.9 Å². The molecule has 0 bridgehead atoms. The molecule has 0 unspecified atom stereocenters. The predicted molar refractivity (Wildman–Crippen MR) is 105 cm³/mol. The maximum Gasteiger partial charge on any atom is 0.243 e. The number of hydrogen-bond acceptors (Lipinski definition) is 5. The summed E-state index contributed by atoms with van der Waals surface area (Å²) >= 11 is 0. The van der Waals surface area contributed by atoms with Crippen molar-refractivity contribution in [3.05, 3.63) is 54.1 Å². The highest BCUT2D eigenvalue weighted by Gasteiger charge is 2.28. The molecule has 3 rings (SSSR count). The fourth-order valence-corrected chi connectivity index (χ4v) is 4.67. The van der Waals surface area contributed by atoms with Gasteiger partial charge in [-0.25, -0.2) is 8.42 Å². The molecule has 1 fully saturated rings. The molecule has 0 atom stereocenters. The molecule has 27 heavy (non-hydrogen) atoms. The highest BCUT2D eigenvalue weighted by Crippen LogP contribution is 2.24. The minimum atomic E-state index is -3.48. The van der Waals surface area contributed by atoms with E-state index in [-0.39, 0.29) is 0 Å². The third-order valence-corrected chi connectivity index (χ3v) is 6.65. The molecule has 2 aromatic rings. The first-order valence-corrected chi connectivity index (χ1v) is 10.5. The maximum absolute atomic E-state index is 12.9. The van der Waals surface area contributed by atoms with Crippen molar-refractivity contribution >= 4 is 10.0 Å². The average Bonchev–Trinajstić information content (AvgIpc) is 2.69. The van der Waals surface area contributed by atoms with Crippen molar-refractivity contribution in [1.29, 1.82) is 0 Å². The average molecular weight is 391 g/mol. The number of sulfonamides is 1. The molecule has 0 amide bonds. The van der Waals surface area contributed by atoms with E-state index in [1.165, 1.54) is 0 Å². The van der Waals surface area contributed by atoms with Crippen LogP contribution in [0, 0.1) is 6.92 Å². The Balaban J connectivity index is 1.52. The van der Waals surface area contributed by atoms with Gasteiger partial charge in [0.1, 0.15) is 18.1 Å². The second-order valence-corrected chi connectivity index (χ2v) is 8.48. The number of nitrogens with zero attached hydrogens (tertiary/aromatic N) is 2. The molecule has 7 heteroatoms. The quantitative estimate of drug-likeness (QED) is 0.727. The van der Waals surface area contributed by atoms with Crippen LogP contribution in [0.3, 0.4) is 0 Å². The Kier molecular flexibility index (Phi) is 6.36. The summed E-state index contributed by atoms with van der Waals surface area (Å²) in [4.78, 5) is 2.55. The monoisotopic (exact) mass is 390 g/mol. The largest absolute Gasteiger partial charge is 0.496 e. The van der Waals surface area contributed by atoms with E-state index in [2.05, 4.69) is 4.90 Å². The molecular formula is C20H26N2O4S. The molecule has 0 radical (unpaired) electrons. The molecule has 146 valence electrons. The van der Waals surface area contributed by atoms with Crippen molar-refractivity contribution in [2.45, 2.75) is 11.8 Å². The molecular weight excluding hydrogens is 364 g/mol. The fourth-order valence-electron chi connectivity index (χ4n) is 3.16. The van der Waals surface area contributed by atoms with Gasteiger partial charge in [-0.15, -0.1) is 0 Å². The fraction of sp³-hybridized carbons (Fsp3) is 0.400. The van der Waals surface area contributed by atoms with Crippen LogP contribution in [0.2, 0.25) is 0 Å². The Bertz CT molecular complexity index is 848. The number of ether oxygens (including phenoxy) is 2. The van der Waals surface area contributed by atoms with Crippen LogP contribution in [-0.4, -0.2) is 64.1 Å². The standard InChI is InChI=1S/C20H26N2O4S/c1-17-16-19(8-9-20(17)25-2)27(23,24)22-12-10-21(11-13-22)14-15-26-18-6-4-3-5-7-18/h3-9,16H,10-15H2,1-2H3. The van der Waals surface area contributed by atoms with E-state index in [0.29, 0.717) is 43.4 Å². The van der Waals surface area contributed by atoms with Gasteiger partial charge in [0.2, 0.25) is 10.0 Å². The lowest BCUT2D eigenvalue weighted by Crippen LogP contribution is -2.49. The van der Waals surface area contributed by atoms with Crippen molar-refractivity contribution in [2.24, 2.45) is 0 Å². The lowest BCUT2D eigenvalue weighted by Gasteiger charge is -2.33. The highest BCUT2D eigenvalue weighted by molar-refractivity contribution is 7.89. The third-order valence-electron chi connectivity index (χ3n) is 4.75. The van der Waals surface area contributed by atoms with Gasteiger partial charge < -0.3 is 9.47 Å². The molecule has 2 aromatic carbocycles. The number of aryl methyl sites for hydroxylation is 1. The van der Waals surface area contributed by atoms with E-state index < -0.39 is 10.0 Å². The summed E-state index contributed by atoms with van der Waals surface area (Å²) in [5.74, 6) is 1.55. The predicted octanol–water partition coefficient (Wildman–Crippen LogP) is 2.39. The zero-order valence-corrected chi connectivity index (χ0v) is 16.6. The molecule has 0 N–H and O–H groups in total. The van der Waals surface area contributed by atoms with Crippen LogP contribution in [-0.2, 0) is 10.0 Å². The van der Waals surface area contributed by atoms with E-state index >= 15 is 0 Å². The van der Waals surface area contributed by atoms with Crippen molar-refractivity contribution in [1.82, 2.24) is 9.21 Å². The topological polar surface area (TPSA) is 59.1 Å². The van der Waals surface area contributed by atoms with Crippen molar-refractivity contribution in [3.63, 3.8) is 0 Å². The van der Waals surface area contributed by atoms with Gasteiger partial charge in [0.15, 0.2) is 0 Å². The molecule has 0 spiro atoms. The smallest absolute Gasteiger partial charge is 0.243 e. The molecule has 1 heterocycles.